The van der Waals surface area contributed by atoms with E-state index >= 15 is 0 Å². The van der Waals surface area contributed by atoms with Crippen LogP contribution in [-0.2, 0) is 4.79 Å². The third-order valence-corrected chi connectivity index (χ3v) is 7.15. The predicted molar refractivity (Wildman–Crippen MR) is 130 cm³/mol. The summed E-state index contributed by atoms with van der Waals surface area (Å²) in [5, 5.41) is 13.4. The van der Waals surface area contributed by atoms with Crippen molar-refractivity contribution in [3.8, 4) is 17.0 Å². The maximum Gasteiger partial charge on any atom is 0.228 e. The Morgan fingerprint density at radius 1 is 1.21 bits per heavy atom. The highest BCUT2D eigenvalue weighted by Gasteiger charge is 2.48. The van der Waals surface area contributed by atoms with Gasteiger partial charge < -0.3 is 19.9 Å². The fourth-order valence-electron chi connectivity index (χ4n) is 5.38. The summed E-state index contributed by atoms with van der Waals surface area (Å²) in [5.41, 5.74) is 3.23. The normalized spacial score (nSPS) is 22.2. The molecule has 6 rings (SSSR count). The van der Waals surface area contributed by atoms with Crippen LogP contribution in [0.5, 0.6) is 5.88 Å². The van der Waals surface area contributed by atoms with E-state index in [0.717, 1.165) is 66.2 Å². The summed E-state index contributed by atoms with van der Waals surface area (Å²) >= 11 is 0. The molecule has 4 aromatic rings. The molecule has 2 fully saturated rings. The fraction of sp³-hybridized carbons (Fsp3) is 0.400. The minimum absolute atomic E-state index is 0.162. The standard InChI is InChI=1S/C25H27N7O2/c1-25(23(33)32-9-3-4-10-32)12-17(13-25)28-24-29-21-20(22(30-24)34-2)18(14-26-21)15-5-6-19-16(11-15)7-8-27-31-19/h5-8,11,14,17H,3-4,9-10,12-13H2,1-2H3,(H2,26,28,29,30). The Balaban J connectivity index is 1.25. The van der Waals surface area contributed by atoms with Gasteiger partial charge in [0.2, 0.25) is 17.7 Å². The van der Waals surface area contributed by atoms with Crippen molar-refractivity contribution >= 4 is 33.8 Å². The van der Waals surface area contributed by atoms with Crippen LogP contribution in [0.1, 0.15) is 32.6 Å². The molecule has 1 amide bonds. The van der Waals surface area contributed by atoms with Gasteiger partial charge in [0.15, 0.2) is 0 Å². The van der Waals surface area contributed by atoms with Crippen molar-refractivity contribution in [1.29, 1.82) is 0 Å². The van der Waals surface area contributed by atoms with Crippen LogP contribution < -0.4 is 10.1 Å². The monoisotopic (exact) mass is 457 g/mol. The van der Waals surface area contributed by atoms with Crippen LogP contribution in [0.2, 0.25) is 0 Å². The van der Waals surface area contributed by atoms with Crippen molar-refractivity contribution in [1.82, 2.24) is 30.0 Å². The lowest BCUT2D eigenvalue weighted by molar-refractivity contribution is -0.145. The van der Waals surface area contributed by atoms with Crippen molar-refractivity contribution in [3.05, 3.63) is 36.7 Å². The second-order valence-corrected chi connectivity index (χ2v) is 9.60. The van der Waals surface area contributed by atoms with Crippen molar-refractivity contribution in [3.63, 3.8) is 0 Å². The fourth-order valence-corrected chi connectivity index (χ4v) is 5.38. The van der Waals surface area contributed by atoms with E-state index in [1.165, 1.54) is 0 Å². The van der Waals surface area contributed by atoms with E-state index in [2.05, 4.69) is 38.5 Å². The van der Waals surface area contributed by atoms with E-state index in [0.29, 0.717) is 17.5 Å². The first kappa shape index (κ1) is 20.8. The number of likely N-dealkylation sites (tertiary alicyclic amines) is 1. The number of anilines is 1. The molecule has 1 saturated carbocycles. The topological polar surface area (TPSA) is 109 Å². The molecule has 1 aromatic carbocycles. The van der Waals surface area contributed by atoms with Gasteiger partial charge in [-0.15, -0.1) is 0 Å². The quantitative estimate of drug-likeness (QED) is 0.469. The molecule has 0 unspecified atom stereocenters. The Morgan fingerprint density at radius 2 is 2.03 bits per heavy atom. The molecule has 0 atom stereocenters. The van der Waals surface area contributed by atoms with Gasteiger partial charge in [-0.25, -0.2) is 0 Å². The van der Waals surface area contributed by atoms with Gasteiger partial charge in [0.05, 0.1) is 29.6 Å². The molecular weight excluding hydrogens is 430 g/mol. The molecule has 2 aliphatic rings. The van der Waals surface area contributed by atoms with Gasteiger partial charge in [0.1, 0.15) is 5.65 Å². The summed E-state index contributed by atoms with van der Waals surface area (Å²) < 4.78 is 5.66. The molecule has 0 spiro atoms. The van der Waals surface area contributed by atoms with Crippen LogP contribution in [0.4, 0.5) is 5.95 Å². The average molecular weight is 458 g/mol. The second kappa shape index (κ2) is 7.93. The number of methoxy groups -OCH3 is 1. The minimum atomic E-state index is -0.295. The van der Waals surface area contributed by atoms with Crippen LogP contribution >= 0.6 is 0 Å². The summed E-state index contributed by atoms with van der Waals surface area (Å²) in [4.78, 5) is 27.5. The smallest absolute Gasteiger partial charge is 0.228 e. The summed E-state index contributed by atoms with van der Waals surface area (Å²) in [7, 11) is 1.62. The molecule has 1 aliphatic heterocycles. The van der Waals surface area contributed by atoms with Crippen LogP contribution in [0, 0.1) is 5.41 Å². The molecule has 3 aromatic heterocycles. The molecule has 2 N–H and O–H groups in total. The van der Waals surface area contributed by atoms with Crippen molar-refractivity contribution in [2.45, 2.75) is 38.6 Å². The lowest BCUT2D eigenvalue weighted by atomic mass is 9.66. The van der Waals surface area contributed by atoms with E-state index in [4.69, 9.17) is 9.72 Å². The molecule has 1 saturated heterocycles. The Morgan fingerprint density at radius 3 is 2.82 bits per heavy atom. The zero-order chi connectivity index (χ0) is 23.3. The van der Waals surface area contributed by atoms with E-state index < -0.39 is 0 Å². The largest absolute Gasteiger partial charge is 0.480 e. The number of rotatable bonds is 5. The van der Waals surface area contributed by atoms with Crippen LogP contribution in [-0.4, -0.2) is 62.2 Å². The molecule has 4 heterocycles. The third kappa shape index (κ3) is 3.43. The highest BCUT2D eigenvalue weighted by molar-refractivity contribution is 5.99. The van der Waals surface area contributed by atoms with Gasteiger partial charge >= 0.3 is 0 Å². The summed E-state index contributed by atoms with van der Waals surface area (Å²) in [6.45, 7) is 3.86. The van der Waals surface area contributed by atoms with Gasteiger partial charge in [0.25, 0.3) is 0 Å². The van der Waals surface area contributed by atoms with Gasteiger partial charge in [-0.2, -0.15) is 20.2 Å². The van der Waals surface area contributed by atoms with E-state index in [1.54, 1.807) is 13.3 Å². The number of H-pyrrole nitrogens is 1. The molecule has 1 aliphatic carbocycles. The van der Waals surface area contributed by atoms with E-state index in [-0.39, 0.29) is 17.4 Å². The SMILES string of the molecule is COc1nc(NC2CC(C)(C(=O)N3CCCC3)C2)nc2[nH]cc(-c3ccc4nnccc4c3)c12. The number of nitrogens with zero attached hydrogens (tertiary/aromatic N) is 5. The molecule has 0 bridgehead atoms. The number of aromatic nitrogens is 5. The maximum atomic E-state index is 12.9. The Bertz CT molecular complexity index is 1390. The van der Waals surface area contributed by atoms with Crippen LogP contribution in [0.3, 0.4) is 0 Å². The highest BCUT2D eigenvalue weighted by atomic mass is 16.5. The van der Waals surface area contributed by atoms with Gasteiger partial charge in [-0.05, 0) is 49.4 Å². The first-order chi connectivity index (χ1) is 16.5. The Hall–Kier alpha value is -3.75. The molecule has 0 radical (unpaired) electrons. The predicted octanol–water partition coefficient (Wildman–Crippen LogP) is 3.78. The molecule has 9 heteroatoms. The zero-order valence-electron chi connectivity index (χ0n) is 19.3. The minimum Gasteiger partial charge on any atom is -0.480 e. The molecular formula is C25H27N7O2. The van der Waals surface area contributed by atoms with Crippen LogP contribution in [0.15, 0.2) is 36.7 Å². The maximum absolute atomic E-state index is 12.9. The number of hydrogen-bond donors (Lipinski definition) is 2. The number of fused-ring (bicyclic) bond motifs is 2. The van der Waals surface area contributed by atoms with Gasteiger partial charge in [0, 0.05) is 36.3 Å². The number of amides is 1. The number of carbonyl (C=O) groups excluding carboxylic acids is 1. The average Bonchev–Trinajstić information content (AvgIpc) is 3.52. The van der Waals surface area contributed by atoms with Crippen LogP contribution in [0.25, 0.3) is 33.1 Å². The molecule has 9 nitrogen and oxygen atoms in total. The number of benzene rings is 1. The first-order valence-corrected chi connectivity index (χ1v) is 11.7. The van der Waals surface area contributed by atoms with Crippen molar-refractivity contribution < 1.29 is 9.53 Å². The van der Waals surface area contributed by atoms with Crippen molar-refractivity contribution in [2.24, 2.45) is 5.41 Å². The third-order valence-electron chi connectivity index (χ3n) is 7.15. The summed E-state index contributed by atoms with van der Waals surface area (Å²) in [6.07, 6.45) is 7.40. The van der Waals surface area contributed by atoms with Gasteiger partial charge in [-0.3, -0.25) is 4.79 Å². The van der Waals surface area contributed by atoms with Gasteiger partial charge in [-0.1, -0.05) is 13.0 Å². The van der Waals surface area contributed by atoms with E-state index in [9.17, 15) is 4.79 Å². The number of hydrogen-bond acceptors (Lipinski definition) is 7. The number of aromatic amines is 1. The van der Waals surface area contributed by atoms with Crippen molar-refractivity contribution in [2.75, 3.05) is 25.5 Å². The number of nitrogens with one attached hydrogen (secondary N) is 2. The highest BCUT2D eigenvalue weighted by Crippen LogP contribution is 2.44. The summed E-state index contributed by atoms with van der Waals surface area (Å²) in [5.74, 6) is 1.30. The first-order valence-electron chi connectivity index (χ1n) is 11.7. The summed E-state index contributed by atoms with van der Waals surface area (Å²) in [6, 6.07) is 8.14. The number of ether oxygens (including phenoxy) is 1. The lowest BCUT2D eigenvalue weighted by Gasteiger charge is -2.45. The molecule has 174 valence electrons. The number of carbonyl (C=O) groups is 1. The second-order valence-electron chi connectivity index (χ2n) is 9.60. The molecule has 34 heavy (non-hydrogen) atoms. The Kier molecular flexibility index (Phi) is 4.86. The Labute approximate surface area is 196 Å². The zero-order valence-corrected chi connectivity index (χ0v) is 19.3. The lowest BCUT2D eigenvalue weighted by Crippen LogP contribution is -2.53. The van der Waals surface area contributed by atoms with E-state index in [1.807, 2.05) is 29.3 Å².